The van der Waals surface area contributed by atoms with E-state index in [0.717, 1.165) is 37.7 Å². The molecule has 1 aliphatic rings. The van der Waals surface area contributed by atoms with Crippen molar-refractivity contribution >= 4 is 0 Å². The highest BCUT2D eigenvalue weighted by molar-refractivity contribution is 5.32. The summed E-state index contributed by atoms with van der Waals surface area (Å²) in [6.45, 7) is 8.15. The first-order chi connectivity index (χ1) is 9.70. The minimum atomic E-state index is -0.587. The van der Waals surface area contributed by atoms with E-state index in [9.17, 15) is 5.26 Å². The minimum absolute atomic E-state index is 0.587. The molecule has 0 saturated carbocycles. The third-order valence-electron chi connectivity index (χ3n) is 4.27. The van der Waals surface area contributed by atoms with Crippen LogP contribution in [0, 0.1) is 17.2 Å². The van der Waals surface area contributed by atoms with E-state index < -0.39 is 5.54 Å². The van der Waals surface area contributed by atoms with Gasteiger partial charge in [0.05, 0.1) is 6.07 Å². The smallest absolute Gasteiger partial charge is 0.145 e. The van der Waals surface area contributed by atoms with Crippen molar-refractivity contribution in [2.45, 2.75) is 32.2 Å². The molecule has 0 bridgehead atoms. The van der Waals surface area contributed by atoms with Gasteiger partial charge in [-0.15, -0.1) is 0 Å². The Kier molecular flexibility index (Phi) is 5.17. The molecule has 1 N–H and O–H groups in total. The summed E-state index contributed by atoms with van der Waals surface area (Å²) in [6.07, 6.45) is 2.48. The van der Waals surface area contributed by atoms with Crippen molar-refractivity contribution in [2.24, 2.45) is 5.92 Å². The lowest BCUT2D eigenvalue weighted by molar-refractivity contribution is 0.156. The summed E-state index contributed by atoms with van der Waals surface area (Å²) >= 11 is 0. The Labute approximate surface area is 122 Å². The van der Waals surface area contributed by atoms with E-state index in [1.54, 1.807) is 0 Å². The maximum atomic E-state index is 9.80. The van der Waals surface area contributed by atoms with E-state index in [4.69, 9.17) is 0 Å². The van der Waals surface area contributed by atoms with Crippen LogP contribution in [0.25, 0.3) is 0 Å². The normalized spacial score (nSPS) is 20.2. The predicted molar refractivity (Wildman–Crippen MR) is 82.2 cm³/mol. The molecule has 1 saturated heterocycles. The molecule has 1 heterocycles. The summed E-state index contributed by atoms with van der Waals surface area (Å²) in [5.74, 6) is 0.818. The Morgan fingerprint density at radius 1 is 1.30 bits per heavy atom. The maximum absolute atomic E-state index is 9.80. The highest BCUT2D eigenvalue weighted by atomic mass is 15.2. The molecular weight excluding hydrogens is 246 g/mol. The van der Waals surface area contributed by atoms with Crippen molar-refractivity contribution in [2.75, 3.05) is 26.2 Å². The van der Waals surface area contributed by atoms with Gasteiger partial charge in [-0.2, -0.15) is 5.26 Å². The molecule has 0 amide bonds. The molecule has 108 valence electrons. The van der Waals surface area contributed by atoms with Gasteiger partial charge in [0.1, 0.15) is 5.54 Å². The van der Waals surface area contributed by atoms with Gasteiger partial charge in [-0.25, -0.2) is 0 Å². The Bertz CT molecular complexity index is 443. The third-order valence-corrected chi connectivity index (χ3v) is 4.27. The van der Waals surface area contributed by atoms with E-state index in [-0.39, 0.29) is 0 Å². The highest BCUT2D eigenvalue weighted by Gasteiger charge is 2.34. The van der Waals surface area contributed by atoms with E-state index >= 15 is 0 Å². The lowest BCUT2D eigenvalue weighted by Gasteiger charge is -2.37. The molecule has 0 aromatic heterocycles. The van der Waals surface area contributed by atoms with Crippen LogP contribution in [0.5, 0.6) is 0 Å². The van der Waals surface area contributed by atoms with Crippen LogP contribution in [0.15, 0.2) is 30.3 Å². The quantitative estimate of drug-likeness (QED) is 0.895. The van der Waals surface area contributed by atoms with Gasteiger partial charge in [-0.1, -0.05) is 44.2 Å². The Morgan fingerprint density at radius 3 is 2.50 bits per heavy atom. The van der Waals surface area contributed by atoms with Gasteiger partial charge in [0, 0.05) is 6.54 Å². The first-order valence-electron chi connectivity index (χ1n) is 7.64. The Morgan fingerprint density at radius 2 is 1.95 bits per heavy atom. The molecule has 1 fully saturated rings. The van der Waals surface area contributed by atoms with Crippen molar-refractivity contribution in [3.8, 4) is 6.07 Å². The minimum Gasteiger partial charge on any atom is -0.300 e. The number of hydrogen-bond donors (Lipinski definition) is 1. The van der Waals surface area contributed by atoms with Gasteiger partial charge in [-0.3, -0.25) is 5.32 Å². The first kappa shape index (κ1) is 15.0. The summed E-state index contributed by atoms with van der Waals surface area (Å²) < 4.78 is 0. The van der Waals surface area contributed by atoms with Crippen molar-refractivity contribution in [3.63, 3.8) is 0 Å². The molecule has 1 atom stereocenters. The molecule has 0 spiro atoms. The fourth-order valence-corrected chi connectivity index (χ4v) is 2.97. The monoisotopic (exact) mass is 271 g/mol. The van der Waals surface area contributed by atoms with Crippen molar-refractivity contribution in [1.82, 2.24) is 10.2 Å². The standard InChI is InChI=1S/C17H25N3/c1-3-19-17(13-18,16-7-5-4-6-8-16)14-20-11-9-15(2)10-12-20/h4-8,15,19H,3,9-12,14H2,1-2H3. The SMILES string of the molecule is CCNC(C#N)(CN1CCC(C)CC1)c1ccccc1. The first-order valence-corrected chi connectivity index (χ1v) is 7.64. The van der Waals surface area contributed by atoms with Gasteiger partial charge >= 0.3 is 0 Å². The average molecular weight is 271 g/mol. The zero-order valence-electron chi connectivity index (χ0n) is 12.6. The fourth-order valence-electron chi connectivity index (χ4n) is 2.97. The number of nitrogens with zero attached hydrogens (tertiary/aromatic N) is 2. The summed E-state index contributed by atoms with van der Waals surface area (Å²) in [4.78, 5) is 2.43. The second kappa shape index (κ2) is 6.88. The van der Waals surface area contributed by atoms with E-state index in [1.165, 1.54) is 12.8 Å². The molecule has 20 heavy (non-hydrogen) atoms. The molecule has 1 aliphatic heterocycles. The second-order valence-electron chi connectivity index (χ2n) is 5.87. The molecule has 3 heteroatoms. The van der Waals surface area contributed by atoms with Crippen LogP contribution >= 0.6 is 0 Å². The number of rotatable bonds is 5. The topological polar surface area (TPSA) is 39.1 Å². The summed E-state index contributed by atoms with van der Waals surface area (Å²) in [5, 5.41) is 13.2. The zero-order chi connectivity index (χ0) is 14.4. The van der Waals surface area contributed by atoms with Crippen LogP contribution in [0.1, 0.15) is 32.3 Å². The van der Waals surface area contributed by atoms with Crippen LogP contribution in [-0.2, 0) is 5.54 Å². The van der Waals surface area contributed by atoms with E-state index in [0.29, 0.717) is 0 Å². The van der Waals surface area contributed by atoms with E-state index in [2.05, 4.69) is 42.3 Å². The number of hydrogen-bond acceptors (Lipinski definition) is 3. The van der Waals surface area contributed by atoms with Gasteiger partial charge in [0.2, 0.25) is 0 Å². The number of nitrogens with one attached hydrogen (secondary N) is 1. The number of piperidine rings is 1. The summed E-state index contributed by atoms with van der Waals surface area (Å²) in [6, 6.07) is 12.7. The van der Waals surface area contributed by atoms with E-state index in [1.807, 2.05) is 18.2 Å². The lowest BCUT2D eigenvalue weighted by Crippen LogP contribution is -2.51. The number of likely N-dealkylation sites (tertiary alicyclic amines) is 1. The summed E-state index contributed by atoms with van der Waals surface area (Å²) in [7, 11) is 0. The predicted octanol–water partition coefficient (Wildman–Crippen LogP) is 2.75. The van der Waals surface area contributed by atoms with Crippen LogP contribution in [0.2, 0.25) is 0 Å². The Hall–Kier alpha value is -1.37. The third kappa shape index (κ3) is 3.39. The van der Waals surface area contributed by atoms with Crippen LogP contribution in [0.4, 0.5) is 0 Å². The van der Waals surface area contributed by atoms with Crippen LogP contribution in [0.3, 0.4) is 0 Å². The molecule has 1 aromatic rings. The molecule has 1 unspecified atom stereocenters. The van der Waals surface area contributed by atoms with Gasteiger partial charge in [-0.05, 0) is 44.0 Å². The van der Waals surface area contributed by atoms with Crippen molar-refractivity contribution < 1.29 is 0 Å². The average Bonchev–Trinajstić information content (AvgIpc) is 2.50. The number of benzene rings is 1. The van der Waals surface area contributed by atoms with Crippen LogP contribution < -0.4 is 5.32 Å². The lowest BCUT2D eigenvalue weighted by atomic mass is 9.89. The molecular formula is C17H25N3. The Balaban J connectivity index is 2.17. The number of likely N-dealkylation sites (N-methyl/N-ethyl adjacent to an activating group) is 1. The second-order valence-corrected chi connectivity index (χ2v) is 5.87. The molecule has 0 radical (unpaired) electrons. The fraction of sp³-hybridized carbons (Fsp3) is 0.588. The van der Waals surface area contributed by atoms with Crippen molar-refractivity contribution in [3.05, 3.63) is 35.9 Å². The summed E-state index contributed by atoms with van der Waals surface area (Å²) in [5.41, 5.74) is 0.485. The van der Waals surface area contributed by atoms with Crippen LogP contribution in [-0.4, -0.2) is 31.1 Å². The molecule has 1 aromatic carbocycles. The zero-order valence-corrected chi connectivity index (χ0v) is 12.6. The highest BCUT2D eigenvalue weighted by Crippen LogP contribution is 2.25. The molecule has 3 nitrogen and oxygen atoms in total. The largest absolute Gasteiger partial charge is 0.300 e. The van der Waals surface area contributed by atoms with Gasteiger partial charge in [0.25, 0.3) is 0 Å². The maximum Gasteiger partial charge on any atom is 0.145 e. The van der Waals surface area contributed by atoms with Gasteiger partial charge in [0.15, 0.2) is 0 Å². The van der Waals surface area contributed by atoms with Gasteiger partial charge < -0.3 is 4.90 Å². The molecule has 0 aliphatic carbocycles. The number of nitriles is 1. The molecule has 2 rings (SSSR count). The van der Waals surface area contributed by atoms with Crippen molar-refractivity contribution in [1.29, 1.82) is 5.26 Å².